The van der Waals surface area contributed by atoms with E-state index in [9.17, 15) is 5.11 Å². The number of nitrogens with one attached hydrogen (secondary N) is 1. The zero-order valence-electron chi connectivity index (χ0n) is 13.5. The molecule has 0 amide bonds. The fourth-order valence-corrected chi connectivity index (χ4v) is 4.32. The smallest absolute Gasteiger partial charge is 0.103 e. The lowest BCUT2D eigenvalue weighted by Gasteiger charge is -2.26. The van der Waals surface area contributed by atoms with Gasteiger partial charge in [-0.15, -0.1) is 11.3 Å². The Hall–Kier alpha value is -1.23. The Bertz CT molecular complexity index is 667. The van der Waals surface area contributed by atoms with Crippen LogP contribution < -0.4 is 5.32 Å². The second-order valence-corrected chi connectivity index (χ2v) is 7.32. The van der Waals surface area contributed by atoms with E-state index in [2.05, 4.69) is 43.2 Å². The lowest BCUT2D eigenvalue weighted by Crippen LogP contribution is -2.37. The molecule has 1 aromatic carbocycles. The lowest BCUT2D eigenvalue weighted by atomic mass is 9.95. The van der Waals surface area contributed by atoms with Gasteiger partial charge in [0.2, 0.25) is 0 Å². The van der Waals surface area contributed by atoms with Gasteiger partial charge in [0, 0.05) is 17.5 Å². The number of benzene rings is 1. The first kappa shape index (κ1) is 15.7. The molecule has 1 heterocycles. The van der Waals surface area contributed by atoms with Crippen LogP contribution in [0.1, 0.15) is 53.0 Å². The maximum absolute atomic E-state index is 11.0. The van der Waals surface area contributed by atoms with Crippen LogP contribution in [0.15, 0.2) is 24.3 Å². The van der Waals surface area contributed by atoms with Gasteiger partial charge in [-0.3, -0.25) is 0 Å². The summed E-state index contributed by atoms with van der Waals surface area (Å²) in [6, 6.07) is 8.46. The van der Waals surface area contributed by atoms with Crippen molar-refractivity contribution in [3.63, 3.8) is 0 Å². The summed E-state index contributed by atoms with van der Waals surface area (Å²) in [6.07, 6.45) is 2.74. The number of fused-ring (bicyclic) bond motifs is 1. The molecule has 2 unspecified atom stereocenters. The molecule has 4 heteroatoms. The van der Waals surface area contributed by atoms with Crippen LogP contribution in [0.25, 0.3) is 0 Å². The summed E-state index contributed by atoms with van der Waals surface area (Å²) in [7, 11) is 0. The van der Waals surface area contributed by atoms with Gasteiger partial charge in [-0.2, -0.15) is 0 Å². The number of nitrogens with zero attached hydrogens (tertiary/aromatic N) is 1. The summed E-state index contributed by atoms with van der Waals surface area (Å²) in [5.74, 6) is 0. The molecule has 0 saturated heterocycles. The molecule has 0 spiro atoms. The van der Waals surface area contributed by atoms with E-state index in [-0.39, 0.29) is 6.04 Å². The van der Waals surface area contributed by atoms with Crippen LogP contribution >= 0.6 is 11.3 Å². The summed E-state index contributed by atoms with van der Waals surface area (Å²) in [5, 5.41) is 15.7. The maximum Gasteiger partial charge on any atom is 0.103 e. The zero-order chi connectivity index (χ0) is 15.7. The lowest BCUT2D eigenvalue weighted by molar-refractivity contribution is 0.0364. The van der Waals surface area contributed by atoms with Crippen molar-refractivity contribution in [3.05, 3.63) is 51.0 Å². The molecule has 3 rings (SSSR count). The second-order valence-electron chi connectivity index (χ2n) is 6.20. The number of aliphatic hydroxyl groups is 1. The van der Waals surface area contributed by atoms with Gasteiger partial charge < -0.3 is 10.4 Å². The number of hydrogen-bond acceptors (Lipinski definition) is 4. The highest BCUT2D eigenvalue weighted by molar-refractivity contribution is 7.11. The van der Waals surface area contributed by atoms with Crippen LogP contribution in [0, 0.1) is 6.92 Å². The van der Waals surface area contributed by atoms with E-state index in [0.717, 1.165) is 30.5 Å². The number of rotatable bonds is 5. The molecule has 118 valence electrons. The third-order valence-corrected chi connectivity index (χ3v) is 6.08. The van der Waals surface area contributed by atoms with Gasteiger partial charge >= 0.3 is 0 Å². The SMILES string of the molecule is CCc1nc(C)c(C(C)NCC2(O)CCc3ccccc32)s1. The Morgan fingerprint density at radius 2 is 2.18 bits per heavy atom. The zero-order valence-corrected chi connectivity index (χ0v) is 14.3. The van der Waals surface area contributed by atoms with Gasteiger partial charge in [0.15, 0.2) is 0 Å². The molecule has 0 fully saturated rings. The van der Waals surface area contributed by atoms with E-state index in [4.69, 9.17) is 0 Å². The molecule has 2 atom stereocenters. The fourth-order valence-electron chi connectivity index (χ4n) is 3.29. The van der Waals surface area contributed by atoms with E-state index in [1.807, 2.05) is 12.1 Å². The Labute approximate surface area is 136 Å². The van der Waals surface area contributed by atoms with Gasteiger partial charge in [0.25, 0.3) is 0 Å². The topological polar surface area (TPSA) is 45.2 Å². The van der Waals surface area contributed by atoms with Crippen molar-refractivity contribution < 1.29 is 5.11 Å². The highest BCUT2D eigenvalue weighted by Gasteiger charge is 2.36. The van der Waals surface area contributed by atoms with Gasteiger partial charge in [0.05, 0.1) is 10.7 Å². The van der Waals surface area contributed by atoms with Crippen molar-refractivity contribution in [1.82, 2.24) is 10.3 Å². The number of hydrogen-bond donors (Lipinski definition) is 2. The van der Waals surface area contributed by atoms with Gasteiger partial charge in [0.1, 0.15) is 5.60 Å². The number of aromatic nitrogens is 1. The third-order valence-electron chi connectivity index (χ3n) is 4.60. The molecule has 2 N–H and O–H groups in total. The van der Waals surface area contributed by atoms with Crippen molar-refractivity contribution >= 4 is 11.3 Å². The summed E-state index contributed by atoms with van der Waals surface area (Å²) < 4.78 is 0. The fraction of sp³-hybridized carbons (Fsp3) is 0.500. The minimum atomic E-state index is -0.739. The van der Waals surface area contributed by atoms with Crippen molar-refractivity contribution in [2.75, 3.05) is 6.54 Å². The predicted molar refractivity (Wildman–Crippen MR) is 91.3 cm³/mol. The molecule has 3 nitrogen and oxygen atoms in total. The van der Waals surface area contributed by atoms with Crippen LogP contribution in [0.4, 0.5) is 0 Å². The average Bonchev–Trinajstić information content (AvgIpc) is 3.07. The van der Waals surface area contributed by atoms with Crippen LogP contribution in [0.5, 0.6) is 0 Å². The Balaban J connectivity index is 1.71. The summed E-state index contributed by atoms with van der Waals surface area (Å²) in [4.78, 5) is 5.88. The van der Waals surface area contributed by atoms with Crippen LogP contribution in [0.3, 0.4) is 0 Å². The molecule has 0 bridgehead atoms. The first-order valence-electron chi connectivity index (χ1n) is 8.04. The van der Waals surface area contributed by atoms with Gasteiger partial charge in [-0.05, 0) is 44.2 Å². The van der Waals surface area contributed by atoms with Gasteiger partial charge in [-0.1, -0.05) is 31.2 Å². The molecule has 22 heavy (non-hydrogen) atoms. The highest BCUT2D eigenvalue weighted by Crippen LogP contribution is 2.37. The Kier molecular flexibility index (Phi) is 4.35. The molecule has 1 aliphatic rings. The summed E-state index contributed by atoms with van der Waals surface area (Å²) >= 11 is 1.78. The molecule has 2 aromatic rings. The quantitative estimate of drug-likeness (QED) is 0.887. The predicted octanol–water partition coefficient (Wildman–Crippen LogP) is 3.50. The molecule has 0 radical (unpaired) electrons. The third kappa shape index (κ3) is 2.83. The second kappa shape index (κ2) is 6.11. The normalized spacial score (nSPS) is 21.8. The number of aryl methyl sites for hydroxylation is 3. The van der Waals surface area contributed by atoms with E-state index < -0.39 is 5.60 Å². The summed E-state index contributed by atoms with van der Waals surface area (Å²) in [6.45, 7) is 6.95. The van der Waals surface area contributed by atoms with Crippen LogP contribution in [0.2, 0.25) is 0 Å². The minimum absolute atomic E-state index is 0.217. The molecule has 1 aromatic heterocycles. The average molecular weight is 316 g/mol. The van der Waals surface area contributed by atoms with E-state index in [1.54, 1.807) is 11.3 Å². The molecule has 1 aliphatic carbocycles. The standard InChI is InChI=1S/C18H24N2OS/c1-4-16-20-13(3)17(22-16)12(2)19-11-18(21)10-9-14-7-5-6-8-15(14)18/h5-8,12,19,21H,4,9-11H2,1-3H3. The Morgan fingerprint density at radius 3 is 2.91 bits per heavy atom. The van der Waals surface area contributed by atoms with Crippen LogP contribution in [-0.4, -0.2) is 16.6 Å². The molecular formula is C18H24N2OS. The molecule has 0 aliphatic heterocycles. The largest absolute Gasteiger partial charge is 0.384 e. The van der Waals surface area contributed by atoms with E-state index in [0.29, 0.717) is 6.54 Å². The number of thiazole rings is 1. The van der Waals surface area contributed by atoms with E-state index >= 15 is 0 Å². The van der Waals surface area contributed by atoms with E-state index in [1.165, 1.54) is 15.4 Å². The van der Waals surface area contributed by atoms with Crippen molar-refractivity contribution in [2.45, 2.75) is 51.7 Å². The molecular weight excluding hydrogens is 292 g/mol. The van der Waals surface area contributed by atoms with Gasteiger partial charge in [-0.25, -0.2) is 4.98 Å². The summed E-state index contributed by atoms with van der Waals surface area (Å²) in [5.41, 5.74) is 2.74. The first-order valence-corrected chi connectivity index (χ1v) is 8.85. The van der Waals surface area contributed by atoms with Crippen molar-refractivity contribution in [2.24, 2.45) is 0 Å². The maximum atomic E-state index is 11.0. The van der Waals surface area contributed by atoms with Crippen molar-refractivity contribution in [1.29, 1.82) is 0 Å². The van der Waals surface area contributed by atoms with Crippen LogP contribution in [-0.2, 0) is 18.4 Å². The molecule has 0 saturated carbocycles. The minimum Gasteiger partial charge on any atom is -0.384 e. The Morgan fingerprint density at radius 1 is 1.41 bits per heavy atom. The van der Waals surface area contributed by atoms with Crippen molar-refractivity contribution in [3.8, 4) is 0 Å². The first-order chi connectivity index (χ1) is 10.5. The highest BCUT2D eigenvalue weighted by atomic mass is 32.1. The monoisotopic (exact) mass is 316 g/mol.